The minimum absolute atomic E-state index is 0.0528. The average molecular weight is 350 g/mol. The van der Waals surface area contributed by atoms with Crippen LogP contribution >= 0.6 is 11.6 Å². The third kappa shape index (κ3) is 4.89. The number of piperidine rings is 1. The van der Waals surface area contributed by atoms with Crippen molar-refractivity contribution >= 4 is 17.7 Å². The summed E-state index contributed by atoms with van der Waals surface area (Å²) in [6.07, 6.45) is 0.257. The van der Waals surface area contributed by atoms with Crippen LogP contribution in [0.15, 0.2) is 12.4 Å². The molecule has 0 spiro atoms. The maximum atomic E-state index is 14.2. The van der Waals surface area contributed by atoms with E-state index in [0.717, 1.165) is 4.90 Å². The van der Waals surface area contributed by atoms with Crippen molar-refractivity contribution in [2.75, 3.05) is 13.1 Å². The molecule has 1 aliphatic rings. The van der Waals surface area contributed by atoms with Crippen LogP contribution in [0.3, 0.4) is 0 Å². The van der Waals surface area contributed by atoms with Gasteiger partial charge in [0.25, 0.3) is 0 Å². The van der Waals surface area contributed by atoms with E-state index in [4.69, 9.17) is 21.1 Å². The normalized spacial score (nSPS) is 21.0. The van der Waals surface area contributed by atoms with Crippen molar-refractivity contribution in [2.24, 2.45) is 0 Å². The summed E-state index contributed by atoms with van der Waals surface area (Å²) < 4.78 is 38.8. The lowest BCUT2D eigenvalue weighted by Crippen LogP contribution is -2.56. The van der Waals surface area contributed by atoms with E-state index in [-0.39, 0.29) is 24.0 Å². The molecule has 2 rings (SSSR count). The maximum absolute atomic E-state index is 14.2. The first kappa shape index (κ1) is 17.7. The largest absolute Gasteiger partial charge is 0.467 e. The fourth-order valence-electron chi connectivity index (χ4n) is 2.08. The summed E-state index contributed by atoms with van der Waals surface area (Å²) in [6, 6.07) is 0. The van der Waals surface area contributed by atoms with Gasteiger partial charge in [-0.2, -0.15) is 4.98 Å². The van der Waals surface area contributed by atoms with Crippen molar-refractivity contribution in [2.45, 2.75) is 44.8 Å². The van der Waals surface area contributed by atoms with Crippen molar-refractivity contribution in [1.82, 2.24) is 14.9 Å². The van der Waals surface area contributed by atoms with Gasteiger partial charge in [-0.25, -0.2) is 13.6 Å². The van der Waals surface area contributed by atoms with Crippen LogP contribution in [0.5, 0.6) is 5.88 Å². The Morgan fingerprint density at radius 2 is 2.13 bits per heavy atom. The van der Waals surface area contributed by atoms with E-state index in [9.17, 15) is 13.6 Å². The number of hydrogen-bond donors (Lipinski definition) is 0. The number of nitrogens with zero attached hydrogens (tertiary/aromatic N) is 3. The van der Waals surface area contributed by atoms with E-state index in [1.54, 1.807) is 20.8 Å². The van der Waals surface area contributed by atoms with Gasteiger partial charge < -0.3 is 14.4 Å². The minimum atomic E-state index is -3.24. The molecule has 0 unspecified atom stereocenters. The molecule has 9 heteroatoms. The molecule has 1 aromatic heterocycles. The van der Waals surface area contributed by atoms with Crippen molar-refractivity contribution in [3.8, 4) is 5.88 Å². The number of aromatic nitrogens is 2. The van der Waals surface area contributed by atoms with Crippen LogP contribution in [0.4, 0.5) is 13.6 Å². The maximum Gasteiger partial charge on any atom is 0.410 e. The van der Waals surface area contributed by atoms with Gasteiger partial charge in [0.15, 0.2) is 11.3 Å². The fourth-order valence-corrected chi connectivity index (χ4v) is 2.21. The van der Waals surface area contributed by atoms with Gasteiger partial charge in [0.2, 0.25) is 5.88 Å². The van der Waals surface area contributed by atoms with Gasteiger partial charge in [0.1, 0.15) is 5.60 Å². The topological polar surface area (TPSA) is 64.5 Å². The predicted molar refractivity (Wildman–Crippen MR) is 78.8 cm³/mol. The average Bonchev–Trinajstić information content (AvgIpc) is 2.39. The molecule has 6 nitrogen and oxygen atoms in total. The Bertz CT molecular complexity index is 581. The number of rotatable bonds is 2. The number of hydrogen-bond acceptors (Lipinski definition) is 5. The summed E-state index contributed by atoms with van der Waals surface area (Å²) in [5, 5.41) is 0.0528. The quantitative estimate of drug-likeness (QED) is 0.820. The van der Waals surface area contributed by atoms with Gasteiger partial charge in [0, 0.05) is 13.0 Å². The molecule has 0 radical (unpaired) electrons. The molecular formula is C14H18ClF2N3O3. The SMILES string of the molecule is CC(C)(C)OC(=O)N1CC[C@@H](Oc2cncc(Cl)n2)C(F)(F)C1. The van der Waals surface area contributed by atoms with Gasteiger partial charge >= 0.3 is 12.0 Å². The van der Waals surface area contributed by atoms with E-state index >= 15 is 0 Å². The molecule has 1 saturated heterocycles. The molecule has 1 amide bonds. The van der Waals surface area contributed by atoms with Gasteiger partial charge in [0.05, 0.1) is 18.9 Å². The monoisotopic (exact) mass is 349 g/mol. The molecule has 1 fully saturated rings. The Hall–Kier alpha value is -1.70. The molecule has 1 aromatic rings. The molecule has 1 aliphatic heterocycles. The number of likely N-dealkylation sites (tertiary alicyclic amines) is 1. The number of carbonyl (C=O) groups excluding carboxylic acids is 1. The lowest BCUT2D eigenvalue weighted by atomic mass is 10.0. The zero-order valence-electron chi connectivity index (χ0n) is 13.1. The Labute approximate surface area is 137 Å². The molecule has 2 heterocycles. The van der Waals surface area contributed by atoms with Crippen LogP contribution in [0.1, 0.15) is 27.2 Å². The van der Waals surface area contributed by atoms with Crippen LogP contribution in [0.25, 0.3) is 0 Å². The minimum Gasteiger partial charge on any atom is -0.467 e. The Morgan fingerprint density at radius 1 is 1.43 bits per heavy atom. The van der Waals surface area contributed by atoms with Crippen LogP contribution in [-0.4, -0.2) is 51.7 Å². The van der Waals surface area contributed by atoms with Crippen molar-refractivity contribution in [1.29, 1.82) is 0 Å². The number of amides is 1. The van der Waals surface area contributed by atoms with E-state index in [1.807, 2.05) is 0 Å². The molecule has 128 valence electrons. The highest BCUT2D eigenvalue weighted by molar-refractivity contribution is 6.29. The number of halogens is 3. The Morgan fingerprint density at radius 3 is 2.70 bits per heavy atom. The van der Waals surface area contributed by atoms with Gasteiger partial charge in [-0.3, -0.25) is 4.98 Å². The van der Waals surface area contributed by atoms with Crippen LogP contribution < -0.4 is 4.74 Å². The summed E-state index contributed by atoms with van der Waals surface area (Å²) in [5.74, 6) is -3.31. The summed E-state index contributed by atoms with van der Waals surface area (Å²) in [7, 11) is 0. The van der Waals surface area contributed by atoms with E-state index in [2.05, 4.69) is 9.97 Å². The summed E-state index contributed by atoms with van der Waals surface area (Å²) in [5.41, 5.74) is -0.740. The van der Waals surface area contributed by atoms with E-state index in [0.29, 0.717) is 0 Å². The van der Waals surface area contributed by atoms with E-state index < -0.39 is 30.3 Å². The van der Waals surface area contributed by atoms with Crippen LogP contribution in [-0.2, 0) is 4.74 Å². The number of alkyl halides is 2. The second-order valence-electron chi connectivity index (χ2n) is 6.24. The second kappa shape index (κ2) is 6.43. The molecule has 0 aliphatic carbocycles. The first-order chi connectivity index (χ1) is 10.6. The highest BCUT2D eigenvalue weighted by Gasteiger charge is 2.48. The molecular weight excluding hydrogens is 332 g/mol. The zero-order chi connectivity index (χ0) is 17.3. The Balaban J connectivity index is 2.01. The van der Waals surface area contributed by atoms with Crippen molar-refractivity contribution in [3.05, 3.63) is 17.5 Å². The van der Waals surface area contributed by atoms with Gasteiger partial charge in [-0.1, -0.05) is 11.6 Å². The molecule has 1 atom stereocenters. The standard InChI is InChI=1S/C14H18ClF2N3O3/c1-13(2,3)23-12(21)20-5-4-9(14(16,17)8-20)22-11-7-18-6-10(15)19-11/h6-7,9H,4-5,8H2,1-3H3/t9-/m1/s1. The summed E-state index contributed by atoms with van der Waals surface area (Å²) in [4.78, 5) is 20.4. The summed E-state index contributed by atoms with van der Waals surface area (Å²) in [6.45, 7) is 4.36. The number of carbonyl (C=O) groups is 1. The van der Waals surface area contributed by atoms with Gasteiger partial charge in [-0.15, -0.1) is 0 Å². The molecule has 23 heavy (non-hydrogen) atoms. The number of ether oxygens (including phenoxy) is 2. The van der Waals surface area contributed by atoms with E-state index in [1.165, 1.54) is 12.4 Å². The zero-order valence-corrected chi connectivity index (χ0v) is 13.8. The lowest BCUT2D eigenvalue weighted by Gasteiger charge is -2.38. The van der Waals surface area contributed by atoms with Crippen LogP contribution in [0.2, 0.25) is 5.15 Å². The Kier molecular flexibility index (Phi) is 4.93. The summed E-state index contributed by atoms with van der Waals surface area (Å²) >= 11 is 5.65. The molecule has 0 bridgehead atoms. The smallest absolute Gasteiger partial charge is 0.410 e. The first-order valence-electron chi connectivity index (χ1n) is 7.07. The molecule has 0 saturated carbocycles. The molecule has 0 aromatic carbocycles. The van der Waals surface area contributed by atoms with Crippen LogP contribution in [0, 0.1) is 0 Å². The predicted octanol–water partition coefficient (Wildman–Crippen LogP) is 3.15. The second-order valence-corrected chi connectivity index (χ2v) is 6.63. The van der Waals surface area contributed by atoms with Crippen molar-refractivity contribution in [3.63, 3.8) is 0 Å². The lowest BCUT2D eigenvalue weighted by molar-refractivity contribution is -0.138. The fraction of sp³-hybridized carbons (Fsp3) is 0.643. The third-order valence-electron chi connectivity index (χ3n) is 3.03. The molecule has 0 N–H and O–H groups in total. The first-order valence-corrected chi connectivity index (χ1v) is 7.44. The van der Waals surface area contributed by atoms with Crippen molar-refractivity contribution < 1.29 is 23.0 Å². The van der Waals surface area contributed by atoms with Gasteiger partial charge in [-0.05, 0) is 20.8 Å². The third-order valence-corrected chi connectivity index (χ3v) is 3.21. The highest BCUT2D eigenvalue weighted by Crippen LogP contribution is 2.31. The highest BCUT2D eigenvalue weighted by atomic mass is 35.5.